The lowest BCUT2D eigenvalue weighted by Gasteiger charge is -2.16. The molecule has 0 aromatic carbocycles. The van der Waals surface area contributed by atoms with Crippen LogP contribution in [-0.4, -0.2) is 37.6 Å². The first-order valence-corrected chi connectivity index (χ1v) is 8.95. The molecule has 124 valence electrons. The van der Waals surface area contributed by atoms with Gasteiger partial charge in [0.1, 0.15) is 29.0 Å². The summed E-state index contributed by atoms with van der Waals surface area (Å²) >= 11 is 1.51. The Kier molecular flexibility index (Phi) is 3.11. The van der Waals surface area contributed by atoms with Gasteiger partial charge >= 0.3 is 0 Å². The maximum Gasteiger partial charge on any atom is 0.213 e. The van der Waals surface area contributed by atoms with Crippen LogP contribution in [0.4, 0.5) is 0 Å². The van der Waals surface area contributed by atoms with Gasteiger partial charge in [0.25, 0.3) is 0 Å². The predicted molar refractivity (Wildman–Crippen MR) is 97.7 cm³/mol. The molecule has 3 aromatic rings. The summed E-state index contributed by atoms with van der Waals surface area (Å²) < 4.78 is 7.66. The van der Waals surface area contributed by atoms with Crippen LogP contribution < -0.4 is 0 Å². The first-order valence-electron chi connectivity index (χ1n) is 8.07. The van der Waals surface area contributed by atoms with Gasteiger partial charge in [-0.05, 0) is 25.1 Å². The second kappa shape index (κ2) is 5.35. The van der Waals surface area contributed by atoms with Crippen LogP contribution in [0.5, 0.6) is 0 Å². The standard InChI is InChI=1S/C18H15N5OS/c1-10-4-3-5-14(20-10)17-16(22-18-23(17)19-9-25-18)12-6-7-13-15(8-12)24-11(2)21-13/h3-9,13,15H,1-2H3. The van der Waals surface area contributed by atoms with Crippen LogP contribution in [-0.2, 0) is 4.74 Å². The van der Waals surface area contributed by atoms with E-state index in [2.05, 4.69) is 33.3 Å². The highest BCUT2D eigenvalue weighted by Crippen LogP contribution is 2.34. The summed E-state index contributed by atoms with van der Waals surface area (Å²) in [5, 5.41) is 4.45. The molecule has 0 spiro atoms. The Bertz CT molecular complexity index is 1070. The quantitative estimate of drug-likeness (QED) is 0.712. The molecule has 6 nitrogen and oxygen atoms in total. The molecule has 5 rings (SSSR count). The van der Waals surface area contributed by atoms with Gasteiger partial charge in [-0.2, -0.15) is 5.10 Å². The number of hydrogen-bond acceptors (Lipinski definition) is 6. The van der Waals surface area contributed by atoms with Gasteiger partial charge in [0.05, 0.1) is 5.69 Å². The molecule has 0 N–H and O–H groups in total. The number of fused-ring (bicyclic) bond motifs is 2. The molecule has 2 aliphatic rings. The number of hydrogen-bond donors (Lipinski definition) is 0. The average molecular weight is 349 g/mol. The highest BCUT2D eigenvalue weighted by Gasteiger charge is 2.30. The maximum absolute atomic E-state index is 5.80. The van der Waals surface area contributed by atoms with Crippen molar-refractivity contribution in [2.45, 2.75) is 26.0 Å². The third-order valence-corrected chi connectivity index (χ3v) is 5.02. The minimum Gasteiger partial charge on any atom is -0.471 e. The number of ether oxygens (including phenoxy) is 1. The number of aromatic nitrogens is 4. The van der Waals surface area contributed by atoms with Crippen molar-refractivity contribution < 1.29 is 4.74 Å². The Hall–Kier alpha value is -2.80. The Labute approximate surface area is 148 Å². The van der Waals surface area contributed by atoms with Crippen molar-refractivity contribution in [1.82, 2.24) is 19.6 Å². The van der Waals surface area contributed by atoms with Crippen molar-refractivity contribution in [2.24, 2.45) is 4.99 Å². The second-order valence-electron chi connectivity index (χ2n) is 6.11. The van der Waals surface area contributed by atoms with Gasteiger partial charge in [0.2, 0.25) is 4.96 Å². The lowest BCUT2D eigenvalue weighted by Crippen LogP contribution is -2.20. The summed E-state index contributed by atoms with van der Waals surface area (Å²) in [7, 11) is 0. The zero-order valence-electron chi connectivity index (χ0n) is 13.7. The van der Waals surface area contributed by atoms with Crippen LogP contribution in [0.2, 0.25) is 0 Å². The van der Waals surface area contributed by atoms with E-state index in [4.69, 9.17) is 9.72 Å². The average Bonchev–Trinajstić information content (AvgIpc) is 3.26. The fourth-order valence-corrected chi connectivity index (χ4v) is 3.88. The number of aliphatic imine (C=N–C) groups is 1. The first-order chi connectivity index (χ1) is 12.2. The smallest absolute Gasteiger partial charge is 0.213 e. The molecule has 0 radical (unpaired) electrons. The van der Waals surface area contributed by atoms with Gasteiger partial charge in [0, 0.05) is 18.2 Å². The van der Waals surface area contributed by atoms with Gasteiger partial charge in [-0.1, -0.05) is 29.6 Å². The third-order valence-electron chi connectivity index (χ3n) is 4.34. The van der Waals surface area contributed by atoms with Crippen molar-refractivity contribution in [2.75, 3.05) is 0 Å². The van der Waals surface area contributed by atoms with Crippen LogP contribution in [0, 0.1) is 6.92 Å². The maximum atomic E-state index is 5.80. The molecule has 0 amide bonds. The van der Waals surface area contributed by atoms with E-state index < -0.39 is 0 Å². The van der Waals surface area contributed by atoms with Crippen molar-refractivity contribution >= 4 is 27.8 Å². The summed E-state index contributed by atoms with van der Waals surface area (Å²) in [4.78, 5) is 14.8. The summed E-state index contributed by atoms with van der Waals surface area (Å²) in [5.41, 5.74) is 6.42. The van der Waals surface area contributed by atoms with E-state index in [0.717, 1.165) is 39.2 Å². The molecule has 3 aromatic heterocycles. The lowest BCUT2D eigenvalue weighted by atomic mass is 9.97. The highest BCUT2D eigenvalue weighted by atomic mass is 32.1. The van der Waals surface area contributed by atoms with Gasteiger partial charge in [-0.25, -0.2) is 14.5 Å². The molecule has 0 bridgehead atoms. The van der Waals surface area contributed by atoms with E-state index in [-0.39, 0.29) is 12.1 Å². The summed E-state index contributed by atoms with van der Waals surface area (Å²) in [6.07, 6.45) is 6.17. The number of rotatable bonds is 2. The number of allylic oxidation sites excluding steroid dienone is 2. The monoisotopic (exact) mass is 349 g/mol. The molecule has 2 atom stereocenters. The summed E-state index contributed by atoms with van der Waals surface area (Å²) in [6, 6.07) is 6.05. The number of aryl methyl sites for hydroxylation is 1. The molecule has 1 aliphatic heterocycles. The summed E-state index contributed by atoms with van der Waals surface area (Å²) in [6.45, 7) is 3.87. The first kappa shape index (κ1) is 14.5. The fourth-order valence-electron chi connectivity index (χ4n) is 3.26. The molecule has 25 heavy (non-hydrogen) atoms. The minimum atomic E-state index is -0.0639. The van der Waals surface area contributed by atoms with Crippen LogP contribution in [0.15, 0.2) is 46.9 Å². The number of nitrogens with zero attached hydrogens (tertiary/aromatic N) is 5. The van der Waals surface area contributed by atoms with Gasteiger partial charge in [0.15, 0.2) is 5.90 Å². The number of pyridine rings is 1. The van der Waals surface area contributed by atoms with E-state index >= 15 is 0 Å². The van der Waals surface area contributed by atoms with Gasteiger partial charge in [-0.15, -0.1) is 0 Å². The molecule has 7 heteroatoms. The Morgan fingerprint density at radius 1 is 1.20 bits per heavy atom. The van der Waals surface area contributed by atoms with Crippen molar-refractivity contribution in [3.8, 4) is 11.4 Å². The molecule has 4 heterocycles. The van der Waals surface area contributed by atoms with E-state index in [1.54, 1.807) is 5.51 Å². The Balaban J connectivity index is 1.68. The highest BCUT2D eigenvalue weighted by molar-refractivity contribution is 7.14. The third kappa shape index (κ3) is 2.31. The van der Waals surface area contributed by atoms with Crippen LogP contribution >= 0.6 is 11.3 Å². The van der Waals surface area contributed by atoms with Crippen LogP contribution in [0.3, 0.4) is 0 Å². The van der Waals surface area contributed by atoms with E-state index in [0.29, 0.717) is 0 Å². The lowest BCUT2D eigenvalue weighted by molar-refractivity contribution is 0.253. The number of imidazole rings is 1. The van der Waals surface area contributed by atoms with Crippen molar-refractivity contribution in [3.05, 3.63) is 53.3 Å². The molecule has 0 fully saturated rings. The van der Waals surface area contributed by atoms with E-state index in [9.17, 15) is 0 Å². The SMILES string of the molecule is CC1=NC2C=CC(c3nc4scnn4c3-c3cccc(C)n3)=CC2O1. The largest absolute Gasteiger partial charge is 0.471 e. The fraction of sp³-hybridized carbons (Fsp3) is 0.222. The normalized spacial score (nSPS) is 21.8. The Morgan fingerprint density at radius 2 is 2.12 bits per heavy atom. The van der Waals surface area contributed by atoms with Gasteiger partial charge < -0.3 is 4.74 Å². The van der Waals surface area contributed by atoms with E-state index in [1.165, 1.54) is 11.3 Å². The topological polar surface area (TPSA) is 64.7 Å². The van der Waals surface area contributed by atoms with E-state index in [1.807, 2.05) is 36.6 Å². The minimum absolute atomic E-state index is 0.0613. The van der Waals surface area contributed by atoms with Crippen LogP contribution in [0.1, 0.15) is 18.3 Å². The van der Waals surface area contributed by atoms with Crippen molar-refractivity contribution in [3.63, 3.8) is 0 Å². The predicted octanol–water partition coefficient (Wildman–Crippen LogP) is 3.30. The summed E-state index contributed by atoms with van der Waals surface area (Å²) in [5.74, 6) is 0.727. The Morgan fingerprint density at radius 3 is 3.00 bits per heavy atom. The molecule has 1 aliphatic carbocycles. The molecule has 0 saturated heterocycles. The van der Waals surface area contributed by atoms with Crippen LogP contribution in [0.25, 0.3) is 21.9 Å². The molecular weight excluding hydrogens is 334 g/mol. The zero-order valence-corrected chi connectivity index (χ0v) is 14.6. The zero-order chi connectivity index (χ0) is 17.0. The molecule has 2 unspecified atom stereocenters. The van der Waals surface area contributed by atoms with Crippen molar-refractivity contribution in [1.29, 1.82) is 0 Å². The second-order valence-corrected chi connectivity index (χ2v) is 6.92. The molecular formula is C18H15N5OS. The molecule has 0 saturated carbocycles. The van der Waals surface area contributed by atoms with Gasteiger partial charge in [-0.3, -0.25) is 4.98 Å².